The second kappa shape index (κ2) is 29.9. The molecule has 0 spiro atoms. The standard InChI is InChI=1S/2C37H8F15N4.2Fe.O/c2*38-23-20(24(39)30(45)35(50)29(23)44)17-11-3-1-9(53-11)10-2-4-12(54-10)18(21-25(40)31(46)36(51)32(47)26(21)41)14-6-8-16(56-14)19(15-7-5-13(17)55-15)22-27(42)33(48)37(52)34(49)28(22)43;;;/h2*1-8H;;;/q2*-3;2*+4;-2. The van der Waals surface area contributed by atoms with Crippen molar-refractivity contribution in [2.75, 3.05) is 0 Å². The van der Waals surface area contributed by atoms with E-state index in [2.05, 4.69) is 39.9 Å². The van der Waals surface area contributed by atoms with Crippen molar-refractivity contribution >= 4 is 90.5 Å². The molecule has 2 aliphatic heterocycles. The fraction of sp³-hybridized carbons (Fsp3) is 0. The van der Waals surface area contributed by atoms with E-state index in [1.807, 2.05) is 0 Å². The number of hydrogen-bond donors (Lipinski definition) is 0. The van der Waals surface area contributed by atoms with Gasteiger partial charge in [0, 0.05) is 0 Å². The number of nitrogens with zero attached hydrogens (tertiary/aromatic N) is 8. The van der Waals surface area contributed by atoms with Crippen molar-refractivity contribution in [2.45, 2.75) is 0 Å². The second-order valence-corrected chi connectivity index (χ2v) is 23.6. The molecule has 10 heterocycles. The monoisotopic (exact) mass is 1710 g/mol. The summed E-state index contributed by atoms with van der Waals surface area (Å²) in [6.45, 7) is 0. The zero-order valence-electron chi connectivity index (χ0n) is 54.3. The van der Waals surface area contributed by atoms with Crippen molar-refractivity contribution in [1.29, 1.82) is 0 Å². The molecule has 0 fully saturated rings. The molecule has 0 radical (unpaired) electrons. The van der Waals surface area contributed by atoms with E-state index in [1.165, 1.54) is 0 Å². The van der Waals surface area contributed by atoms with Crippen LogP contribution in [0, 0.1) is 175 Å². The summed E-state index contributed by atoms with van der Waals surface area (Å²) in [5, 5.41) is 0. The van der Waals surface area contributed by atoms with Crippen LogP contribution < -0.4 is 29.9 Å². The third-order valence-corrected chi connectivity index (χ3v) is 17.5. The fourth-order valence-corrected chi connectivity index (χ4v) is 12.4. The summed E-state index contributed by atoms with van der Waals surface area (Å²) in [6.07, 6.45) is 3.11. The van der Waals surface area contributed by atoms with Gasteiger partial charge in [-0.3, -0.25) is 0 Å². The molecule has 0 atom stereocenters. The molecular weight excluding hydrogens is 1700 g/mol. The van der Waals surface area contributed by atoms with Crippen LogP contribution in [-0.2, 0) is 39.6 Å². The molecule has 0 N–H and O–H groups in total. The predicted octanol–water partition coefficient (Wildman–Crippen LogP) is 21.2. The van der Waals surface area contributed by atoms with Crippen LogP contribution in [0.5, 0.6) is 0 Å². The number of fused-ring (bicyclic) bond motifs is 18. The van der Waals surface area contributed by atoms with Crippen LogP contribution >= 0.6 is 0 Å². The quantitative estimate of drug-likeness (QED) is 0.0694. The molecule has 9 nitrogen and oxygen atoms in total. The second-order valence-electron chi connectivity index (χ2n) is 23.6. The number of halogens is 30. The van der Waals surface area contributed by atoms with Gasteiger partial charge in [0.15, 0.2) is 140 Å². The van der Waals surface area contributed by atoms with Crippen molar-refractivity contribution in [3.63, 3.8) is 0 Å². The first-order chi connectivity index (χ1) is 53.1. The summed E-state index contributed by atoms with van der Waals surface area (Å²) in [5.74, 6) is -73.9. The summed E-state index contributed by atoms with van der Waals surface area (Å²) in [6, 6.07) is 11.3. The molecule has 0 amide bonds. The predicted molar refractivity (Wildman–Crippen MR) is 336 cm³/mol. The van der Waals surface area contributed by atoms with Gasteiger partial charge >= 0.3 is 34.1 Å². The number of benzene rings is 6. The van der Waals surface area contributed by atoms with E-state index in [9.17, 15) is 79.0 Å². The normalized spacial score (nSPS) is 11.8. The molecule has 2 aliphatic rings. The van der Waals surface area contributed by atoms with E-state index in [-0.39, 0.29) is 61.7 Å². The van der Waals surface area contributed by atoms with Crippen LogP contribution in [0.1, 0.15) is 22.8 Å². The minimum absolute atomic E-state index is 0. The molecule has 41 heteroatoms. The largest absolute Gasteiger partial charge is 4.00 e. The van der Waals surface area contributed by atoms with Gasteiger partial charge in [-0.2, -0.15) is 22.1 Å². The minimum atomic E-state index is -2.62. The average Bonchev–Trinajstić information content (AvgIpc) is 1.63. The molecule has 8 aromatic heterocycles. The minimum Gasteiger partial charge on any atom is -2.00 e. The summed E-state index contributed by atoms with van der Waals surface area (Å²) in [5.41, 5.74) is -26.0. The van der Waals surface area contributed by atoms with Gasteiger partial charge in [0.2, 0.25) is 34.9 Å². The molecule has 584 valence electrons. The Morgan fingerprint density at radius 2 is 0.243 bits per heavy atom. The van der Waals surface area contributed by atoms with Crippen molar-refractivity contribution in [2.24, 2.45) is 0 Å². The number of hydrogen-bond acceptors (Lipinski definition) is 2. The van der Waals surface area contributed by atoms with Crippen LogP contribution in [0.25, 0.3) is 157 Å². The molecule has 0 unspecified atom stereocenters. The van der Waals surface area contributed by atoms with Gasteiger partial charge in [-0.1, -0.05) is 72.8 Å². The summed E-state index contributed by atoms with van der Waals surface area (Å²) in [4.78, 5) is 32.5. The van der Waals surface area contributed by atoms with E-state index in [0.29, 0.717) is 0 Å². The Hall–Kier alpha value is -12.3. The summed E-state index contributed by atoms with van der Waals surface area (Å²) < 4.78 is 446. The van der Waals surface area contributed by atoms with Crippen LogP contribution in [0.2, 0.25) is 0 Å². The van der Waals surface area contributed by atoms with Gasteiger partial charge < -0.3 is 35.4 Å². The van der Waals surface area contributed by atoms with Crippen molar-refractivity contribution in [1.82, 2.24) is 39.9 Å². The maximum absolute atomic E-state index is 15.5. The Labute approximate surface area is 635 Å². The Morgan fingerprint density at radius 3 is 0.391 bits per heavy atom. The summed E-state index contributed by atoms with van der Waals surface area (Å²) in [7, 11) is 0. The van der Waals surface area contributed by atoms with Crippen LogP contribution in [0.15, 0.2) is 72.8 Å². The molecular formula is C74H16F30Fe2N8O. The zero-order valence-corrected chi connectivity index (χ0v) is 56.5. The van der Waals surface area contributed by atoms with Gasteiger partial charge in [-0.25, -0.2) is 142 Å². The van der Waals surface area contributed by atoms with Crippen LogP contribution in [0.4, 0.5) is 132 Å². The van der Waals surface area contributed by atoms with Crippen LogP contribution in [-0.4, -0.2) is 9.97 Å². The molecule has 6 aromatic carbocycles. The Morgan fingerprint density at radius 1 is 0.139 bits per heavy atom. The molecule has 16 rings (SSSR count). The maximum atomic E-state index is 15.5. The zero-order chi connectivity index (χ0) is 80.5. The molecule has 14 aromatic rings. The van der Waals surface area contributed by atoms with Gasteiger partial charge in [0.05, 0.1) is 56.2 Å². The first kappa shape index (κ1) is 82.1. The van der Waals surface area contributed by atoms with Gasteiger partial charge in [-0.15, -0.1) is 44.1 Å². The van der Waals surface area contributed by atoms with Gasteiger partial charge in [0.25, 0.3) is 0 Å². The van der Waals surface area contributed by atoms with E-state index < -0.39 is 308 Å². The van der Waals surface area contributed by atoms with E-state index in [1.54, 1.807) is 0 Å². The number of aromatic nitrogens is 8. The molecule has 0 saturated heterocycles. The third-order valence-electron chi connectivity index (χ3n) is 17.5. The fourth-order valence-electron chi connectivity index (χ4n) is 12.4. The van der Waals surface area contributed by atoms with Gasteiger partial charge in [0.1, 0.15) is 0 Å². The van der Waals surface area contributed by atoms with Crippen LogP contribution in [0.3, 0.4) is 0 Å². The summed E-state index contributed by atoms with van der Waals surface area (Å²) >= 11 is 0. The number of rotatable bonds is 6. The molecule has 16 bridgehead atoms. The van der Waals surface area contributed by atoms with Crippen molar-refractivity contribution < 1.29 is 171 Å². The molecule has 0 saturated carbocycles. The van der Waals surface area contributed by atoms with Crippen molar-refractivity contribution in [3.05, 3.63) is 270 Å². The average molecular weight is 1710 g/mol. The smallest absolute Gasteiger partial charge is 2.00 e. The van der Waals surface area contributed by atoms with E-state index >= 15 is 52.7 Å². The first-order valence-electron chi connectivity index (χ1n) is 30.5. The Bertz CT molecular complexity index is 6350. The third kappa shape index (κ3) is 12.6. The molecule has 115 heavy (non-hydrogen) atoms. The van der Waals surface area contributed by atoms with Gasteiger partial charge in [-0.05, 0) is 57.7 Å². The maximum Gasteiger partial charge on any atom is 4.00 e. The SMILES string of the molecule is Fc1c(F)c(F)c(-c2c3nc(c(-c4c(F)c(F)c(F)c(F)c4F)c4ccc([n-]4)c4ccc([n-]4)c(-c4c(F)c(F)c(F)c(F)c4F)c4ccc2[n-]4)C=C3)c(F)c1F.Fc1c(F)c(F)c(-c2c3nc(c(-c4c(F)c(F)c(F)c(F)c4F)c4ccc([n-]4)c4ccc([n-]4)c(-c4c(F)c(F)c(F)c(F)c4F)c4ccc2[n-]4)C=C3)c(F)c1F.[Fe+4].[Fe+4].[O-2]. The topological polar surface area (TPSA) is 139 Å². The van der Waals surface area contributed by atoms with E-state index in [0.717, 1.165) is 97.1 Å². The Kier molecular flexibility index (Phi) is 21.4. The van der Waals surface area contributed by atoms with Crippen molar-refractivity contribution in [3.8, 4) is 66.8 Å². The Balaban J connectivity index is 0.000000207. The molecule has 0 aliphatic carbocycles. The van der Waals surface area contributed by atoms with E-state index in [4.69, 9.17) is 0 Å². The first-order valence-corrected chi connectivity index (χ1v) is 30.5.